The Morgan fingerprint density at radius 2 is 2.04 bits per heavy atom. The third kappa shape index (κ3) is 4.50. The molecule has 2 aliphatic rings. The van der Waals surface area contributed by atoms with E-state index in [0.717, 1.165) is 37.4 Å². The van der Waals surface area contributed by atoms with E-state index in [9.17, 15) is 4.79 Å². The summed E-state index contributed by atoms with van der Waals surface area (Å²) in [4.78, 5) is 14.3. The van der Waals surface area contributed by atoms with Gasteiger partial charge in [-0.05, 0) is 50.9 Å². The van der Waals surface area contributed by atoms with Crippen LogP contribution in [0.1, 0.15) is 19.8 Å². The second-order valence-corrected chi connectivity index (χ2v) is 6.09. The number of nitrogens with zero attached hydrogens (tertiary/aromatic N) is 1. The van der Waals surface area contributed by atoms with Gasteiger partial charge in [-0.3, -0.25) is 9.69 Å². The molecule has 3 rings (SSSR count). The van der Waals surface area contributed by atoms with E-state index < -0.39 is 0 Å². The summed E-state index contributed by atoms with van der Waals surface area (Å²) >= 11 is 0. The first-order valence-electron chi connectivity index (χ1n) is 7.79. The van der Waals surface area contributed by atoms with Crippen LogP contribution in [-0.4, -0.2) is 43.3 Å². The zero-order chi connectivity index (χ0) is 15.5. The molecule has 2 aliphatic heterocycles. The number of rotatable bonds is 4. The number of anilines is 1. The average Bonchev–Trinajstić information content (AvgIpc) is 2.95. The lowest BCUT2D eigenvalue weighted by molar-refractivity contribution is -0.117. The van der Waals surface area contributed by atoms with Crippen molar-refractivity contribution in [1.29, 1.82) is 0 Å². The van der Waals surface area contributed by atoms with Crippen LogP contribution >= 0.6 is 12.4 Å². The molecule has 1 fully saturated rings. The molecule has 7 heteroatoms. The van der Waals surface area contributed by atoms with Gasteiger partial charge in [0.05, 0.1) is 6.54 Å². The Labute approximate surface area is 142 Å². The number of hydrogen-bond donors (Lipinski definition) is 2. The minimum absolute atomic E-state index is 0. The lowest BCUT2D eigenvalue weighted by atomic mass is 9.91. The Hall–Kier alpha value is -1.50. The number of nitrogens with two attached hydrogens (primary N) is 1. The number of likely N-dealkylation sites (tertiary alicyclic amines) is 1. The Kier molecular flexibility index (Phi) is 6.10. The summed E-state index contributed by atoms with van der Waals surface area (Å²) < 4.78 is 10.6. The molecular weight excluding hydrogens is 318 g/mol. The number of hydrogen-bond acceptors (Lipinski definition) is 5. The van der Waals surface area contributed by atoms with Crippen LogP contribution in [0.15, 0.2) is 18.2 Å². The van der Waals surface area contributed by atoms with E-state index in [1.807, 2.05) is 12.1 Å². The van der Waals surface area contributed by atoms with Gasteiger partial charge in [-0.15, -0.1) is 12.4 Å². The molecule has 1 aromatic carbocycles. The molecule has 0 bridgehead atoms. The van der Waals surface area contributed by atoms with Crippen molar-refractivity contribution >= 4 is 24.0 Å². The van der Waals surface area contributed by atoms with E-state index in [1.165, 1.54) is 0 Å². The summed E-state index contributed by atoms with van der Waals surface area (Å²) in [6.07, 6.45) is 2.13. The molecule has 1 aromatic rings. The Morgan fingerprint density at radius 3 is 2.74 bits per heavy atom. The van der Waals surface area contributed by atoms with Gasteiger partial charge >= 0.3 is 0 Å². The van der Waals surface area contributed by atoms with Crippen molar-refractivity contribution in [2.45, 2.75) is 25.8 Å². The molecule has 0 aromatic heterocycles. The maximum atomic E-state index is 12.1. The number of carbonyl (C=O) groups is 1. The fraction of sp³-hybridized carbons (Fsp3) is 0.562. The van der Waals surface area contributed by atoms with E-state index in [4.69, 9.17) is 15.2 Å². The fourth-order valence-corrected chi connectivity index (χ4v) is 3.01. The van der Waals surface area contributed by atoms with E-state index in [1.54, 1.807) is 6.07 Å². The highest BCUT2D eigenvalue weighted by Crippen LogP contribution is 2.34. The maximum absolute atomic E-state index is 12.1. The summed E-state index contributed by atoms with van der Waals surface area (Å²) in [7, 11) is 0. The molecule has 2 heterocycles. The number of carbonyl (C=O) groups excluding carboxylic acids is 1. The molecule has 1 atom stereocenters. The predicted molar refractivity (Wildman–Crippen MR) is 91.3 cm³/mol. The van der Waals surface area contributed by atoms with Gasteiger partial charge < -0.3 is 20.5 Å². The van der Waals surface area contributed by atoms with Crippen molar-refractivity contribution in [3.05, 3.63) is 18.2 Å². The number of nitrogens with one attached hydrogen (secondary N) is 1. The lowest BCUT2D eigenvalue weighted by Crippen LogP contribution is -2.42. The maximum Gasteiger partial charge on any atom is 0.238 e. The Bertz CT molecular complexity index is 545. The zero-order valence-corrected chi connectivity index (χ0v) is 14.1. The topological polar surface area (TPSA) is 76.8 Å². The molecule has 23 heavy (non-hydrogen) atoms. The molecule has 0 saturated carbocycles. The van der Waals surface area contributed by atoms with Crippen LogP contribution in [0.2, 0.25) is 0 Å². The lowest BCUT2D eigenvalue weighted by Gasteiger charge is -2.33. The summed E-state index contributed by atoms with van der Waals surface area (Å²) in [5.74, 6) is 1.97. The third-order valence-electron chi connectivity index (χ3n) is 4.40. The number of halogens is 1. The van der Waals surface area contributed by atoms with Crippen LogP contribution in [0.3, 0.4) is 0 Å². The van der Waals surface area contributed by atoms with Crippen molar-refractivity contribution in [3.63, 3.8) is 0 Å². The normalized spacial score (nSPS) is 19.0. The number of ether oxygens (including phenoxy) is 2. The molecule has 1 unspecified atom stereocenters. The Morgan fingerprint density at radius 1 is 1.35 bits per heavy atom. The van der Waals surface area contributed by atoms with Crippen molar-refractivity contribution in [2.24, 2.45) is 11.7 Å². The molecule has 1 amide bonds. The first kappa shape index (κ1) is 17.8. The van der Waals surface area contributed by atoms with Crippen LogP contribution in [0, 0.1) is 5.92 Å². The summed E-state index contributed by atoms with van der Waals surface area (Å²) in [5, 5.41) is 2.91. The molecular formula is C16H24ClN3O3. The molecule has 128 valence electrons. The molecule has 0 radical (unpaired) electrons. The SMILES string of the molecule is CC(N)C1CCN(CC(=O)Nc2ccc3c(c2)OCO3)CC1.Cl. The van der Waals surface area contributed by atoms with Gasteiger partial charge in [0.1, 0.15) is 0 Å². The van der Waals surface area contributed by atoms with Crippen molar-refractivity contribution in [3.8, 4) is 11.5 Å². The third-order valence-corrected chi connectivity index (χ3v) is 4.40. The highest BCUT2D eigenvalue weighted by atomic mass is 35.5. The molecule has 1 saturated heterocycles. The number of amides is 1. The second kappa shape index (κ2) is 7.86. The van der Waals surface area contributed by atoms with Gasteiger partial charge in [0.2, 0.25) is 12.7 Å². The first-order chi connectivity index (χ1) is 10.6. The smallest absolute Gasteiger partial charge is 0.238 e. The highest BCUT2D eigenvalue weighted by Gasteiger charge is 2.23. The largest absolute Gasteiger partial charge is 0.454 e. The zero-order valence-electron chi connectivity index (χ0n) is 13.3. The molecule has 0 spiro atoms. The standard InChI is InChI=1S/C16H23N3O3.ClH/c1-11(17)12-4-6-19(7-5-12)9-16(20)18-13-2-3-14-15(8-13)22-10-21-14;/h2-3,8,11-12H,4-7,9-10,17H2,1H3,(H,18,20);1H. The van der Waals surface area contributed by atoms with Gasteiger partial charge in [0.25, 0.3) is 0 Å². The molecule has 0 aliphatic carbocycles. The van der Waals surface area contributed by atoms with Gasteiger partial charge in [0, 0.05) is 17.8 Å². The predicted octanol–water partition coefficient (Wildman–Crippen LogP) is 1.83. The van der Waals surface area contributed by atoms with Gasteiger partial charge in [-0.2, -0.15) is 0 Å². The molecule has 3 N–H and O–H groups in total. The van der Waals surface area contributed by atoms with Crippen LogP contribution in [0.5, 0.6) is 11.5 Å². The minimum atomic E-state index is -0.00175. The summed E-state index contributed by atoms with van der Waals surface area (Å²) in [5.41, 5.74) is 6.68. The average molecular weight is 342 g/mol. The summed E-state index contributed by atoms with van der Waals surface area (Å²) in [6.45, 7) is 4.58. The van der Waals surface area contributed by atoms with E-state index in [2.05, 4.69) is 17.1 Å². The van der Waals surface area contributed by atoms with Crippen molar-refractivity contribution in [2.75, 3.05) is 31.7 Å². The second-order valence-electron chi connectivity index (χ2n) is 6.09. The van der Waals surface area contributed by atoms with Crippen LogP contribution in [0.4, 0.5) is 5.69 Å². The minimum Gasteiger partial charge on any atom is -0.454 e. The van der Waals surface area contributed by atoms with Gasteiger partial charge in [0.15, 0.2) is 11.5 Å². The Balaban J connectivity index is 0.00000192. The van der Waals surface area contributed by atoms with Crippen molar-refractivity contribution < 1.29 is 14.3 Å². The van der Waals surface area contributed by atoms with Crippen molar-refractivity contribution in [1.82, 2.24) is 4.90 Å². The van der Waals surface area contributed by atoms with Crippen LogP contribution < -0.4 is 20.5 Å². The van der Waals surface area contributed by atoms with E-state index in [0.29, 0.717) is 18.2 Å². The number of fused-ring (bicyclic) bond motifs is 1. The quantitative estimate of drug-likeness (QED) is 0.873. The monoisotopic (exact) mass is 341 g/mol. The van der Waals surface area contributed by atoms with E-state index in [-0.39, 0.29) is 31.1 Å². The first-order valence-corrected chi connectivity index (χ1v) is 7.79. The van der Waals surface area contributed by atoms with E-state index >= 15 is 0 Å². The number of benzene rings is 1. The number of piperidine rings is 1. The van der Waals surface area contributed by atoms with Crippen LogP contribution in [-0.2, 0) is 4.79 Å². The molecule has 6 nitrogen and oxygen atoms in total. The highest BCUT2D eigenvalue weighted by molar-refractivity contribution is 5.92. The van der Waals surface area contributed by atoms with Gasteiger partial charge in [-0.25, -0.2) is 0 Å². The van der Waals surface area contributed by atoms with Crippen LogP contribution in [0.25, 0.3) is 0 Å². The summed E-state index contributed by atoms with van der Waals surface area (Å²) in [6, 6.07) is 5.67. The fourth-order valence-electron chi connectivity index (χ4n) is 3.01. The van der Waals surface area contributed by atoms with Gasteiger partial charge in [-0.1, -0.05) is 0 Å².